The molecule has 0 aromatic carbocycles. The summed E-state index contributed by atoms with van der Waals surface area (Å²) in [6.07, 6.45) is 6.93. The van der Waals surface area contributed by atoms with E-state index in [9.17, 15) is 4.79 Å². The number of hydrogen-bond acceptors (Lipinski definition) is 2. The predicted molar refractivity (Wildman–Crippen MR) is 78.9 cm³/mol. The Morgan fingerprint density at radius 3 is 2.37 bits per heavy atom. The molecule has 0 aromatic heterocycles. The minimum absolute atomic E-state index is 0.158. The second kappa shape index (κ2) is 5.65. The largest absolute Gasteiger partial charge is 0.360 e. The second-order valence-corrected chi connectivity index (χ2v) is 6.43. The summed E-state index contributed by atoms with van der Waals surface area (Å²) >= 11 is 5.45. The molecule has 106 valence electrons. The maximum Gasteiger partial charge on any atom is 0.227 e. The summed E-state index contributed by atoms with van der Waals surface area (Å²) in [5, 5.41) is 4.25. The van der Waals surface area contributed by atoms with Gasteiger partial charge in [0.15, 0.2) is 5.11 Å². The van der Waals surface area contributed by atoms with E-state index in [1.54, 1.807) is 0 Å². The Balaban J connectivity index is 1.54. The van der Waals surface area contributed by atoms with Crippen molar-refractivity contribution in [2.45, 2.75) is 44.6 Å². The Morgan fingerprint density at radius 1 is 1.00 bits per heavy atom. The number of carbonyl (C=O) groups is 1. The molecular weight excluding hydrogens is 258 g/mol. The minimum atomic E-state index is 0.158. The zero-order chi connectivity index (χ0) is 13.2. The number of thiocarbonyl (C=S) groups is 1. The smallest absolute Gasteiger partial charge is 0.227 e. The molecule has 0 spiro atoms. The Bertz CT molecular complexity index is 364. The molecule has 5 heteroatoms. The third kappa shape index (κ3) is 3.19. The van der Waals surface area contributed by atoms with Gasteiger partial charge in [0, 0.05) is 32.2 Å². The van der Waals surface area contributed by atoms with Gasteiger partial charge in [-0.3, -0.25) is 4.79 Å². The number of nitrogens with one attached hydrogen (secondary N) is 1. The van der Waals surface area contributed by atoms with Crippen molar-refractivity contribution < 1.29 is 4.79 Å². The molecule has 0 radical (unpaired) electrons. The van der Waals surface area contributed by atoms with Gasteiger partial charge >= 0.3 is 0 Å². The quantitative estimate of drug-likeness (QED) is 0.775. The fraction of sp³-hybridized carbons (Fsp3) is 0.857. The van der Waals surface area contributed by atoms with E-state index in [0.717, 1.165) is 44.1 Å². The normalized spacial score (nSPS) is 27.5. The standard InChI is InChI=1S/C14H23N3OS/c18-13(16-7-1-2-8-16)11-4-3-9-17(10-11)14(19)15-12-5-6-12/h11-12H,1-10H2,(H,15,19)/t11-/m1/s1. The van der Waals surface area contributed by atoms with Gasteiger partial charge in [0.1, 0.15) is 0 Å². The summed E-state index contributed by atoms with van der Waals surface area (Å²) in [4.78, 5) is 16.7. The molecule has 3 rings (SSSR count). The van der Waals surface area contributed by atoms with Crippen molar-refractivity contribution in [3.63, 3.8) is 0 Å². The van der Waals surface area contributed by atoms with Crippen molar-refractivity contribution in [2.24, 2.45) is 5.92 Å². The van der Waals surface area contributed by atoms with Gasteiger partial charge in [-0.15, -0.1) is 0 Å². The van der Waals surface area contributed by atoms with Gasteiger partial charge < -0.3 is 15.1 Å². The first-order valence-corrected chi connectivity index (χ1v) is 7.99. The van der Waals surface area contributed by atoms with Crippen LogP contribution in [0.15, 0.2) is 0 Å². The average molecular weight is 281 g/mol. The van der Waals surface area contributed by atoms with E-state index in [0.29, 0.717) is 11.9 Å². The van der Waals surface area contributed by atoms with E-state index >= 15 is 0 Å². The van der Waals surface area contributed by atoms with Crippen LogP contribution in [0.1, 0.15) is 38.5 Å². The van der Waals surface area contributed by atoms with E-state index in [-0.39, 0.29) is 5.92 Å². The lowest BCUT2D eigenvalue weighted by atomic mass is 9.97. The number of carbonyl (C=O) groups excluding carboxylic acids is 1. The van der Waals surface area contributed by atoms with Crippen LogP contribution in [-0.2, 0) is 4.79 Å². The van der Waals surface area contributed by atoms with Gasteiger partial charge in [0.2, 0.25) is 5.91 Å². The van der Waals surface area contributed by atoms with E-state index in [2.05, 4.69) is 10.2 Å². The molecule has 2 heterocycles. The SMILES string of the molecule is O=C([C@@H]1CCCN(C(=S)NC2CC2)C1)N1CCCC1. The van der Waals surface area contributed by atoms with Crippen molar-refractivity contribution in [1.29, 1.82) is 0 Å². The fourth-order valence-electron chi connectivity index (χ4n) is 3.05. The van der Waals surface area contributed by atoms with Crippen molar-refractivity contribution in [3.05, 3.63) is 0 Å². The Hall–Kier alpha value is -0.840. The summed E-state index contributed by atoms with van der Waals surface area (Å²) in [5.74, 6) is 0.516. The molecule has 2 saturated heterocycles. The molecule has 0 unspecified atom stereocenters. The van der Waals surface area contributed by atoms with Gasteiger partial charge in [-0.25, -0.2) is 0 Å². The van der Waals surface area contributed by atoms with Crippen LogP contribution in [0.4, 0.5) is 0 Å². The lowest BCUT2D eigenvalue weighted by Crippen LogP contribution is -2.49. The second-order valence-electron chi connectivity index (χ2n) is 6.04. The number of nitrogens with zero attached hydrogens (tertiary/aromatic N) is 2. The Kier molecular flexibility index (Phi) is 3.91. The minimum Gasteiger partial charge on any atom is -0.360 e. The van der Waals surface area contributed by atoms with E-state index in [1.165, 1.54) is 25.7 Å². The summed E-state index contributed by atoms with van der Waals surface area (Å²) < 4.78 is 0. The molecule has 1 atom stereocenters. The Labute approximate surface area is 120 Å². The number of hydrogen-bond donors (Lipinski definition) is 1. The van der Waals surface area contributed by atoms with Crippen molar-refractivity contribution >= 4 is 23.2 Å². The molecule has 1 N–H and O–H groups in total. The van der Waals surface area contributed by atoms with Crippen LogP contribution in [0.2, 0.25) is 0 Å². The molecule has 1 saturated carbocycles. The molecular formula is C14H23N3OS. The molecule has 0 aromatic rings. The molecule has 0 bridgehead atoms. The summed E-state index contributed by atoms with van der Waals surface area (Å²) in [6.45, 7) is 3.73. The maximum atomic E-state index is 12.4. The lowest BCUT2D eigenvalue weighted by Gasteiger charge is -2.35. The van der Waals surface area contributed by atoms with Gasteiger partial charge in [0.25, 0.3) is 0 Å². The number of rotatable bonds is 2. The predicted octanol–water partition coefficient (Wildman–Crippen LogP) is 1.36. The van der Waals surface area contributed by atoms with Crippen molar-refractivity contribution in [3.8, 4) is 0 Å². The van der Waals surface area contributed by atoms with Gasteiger partial charge in [0.05, 0.1) is 5.92 Å². The summed E-state index contributed by atoms with van der Waals surface area (Å²) in [6, 6.07) is 0.599. The van der Waals surface area contributed by atoms with Gasteiger partial charge in [-0.2, -0.15) is 0 Å². The van der Waals surface area contributed by atoms with Gasteiger partial charge in [-0.1, -0.05) is 0 Å². The first kappa shape index (κ1) is 13.2. The summed E-state index contributed by atoms with van der Waals surface area (Å²) in [7, 11) is 0. The monoisotopic (exact) mass is 281 g/mol. The average Bonchev–Trinajstić information content (AvgIpc) is 3.08. The maximum absolute atomic E-state index is 12.4. The molecule has 1 aliphatic carbocycles. The van der Waals surface area contributed by atoms with Crippen LogP contribution in [0.3, 0.4) is 0 Å². The van der Waals surface area contributed by atoms with E-state index in [1.807, 2.05) is 4.90 Å². The van der Waals surface area contributed by atoms with Crippen LogP contribution in [-0.4, -0.2) is 53.0 Å². The fourth-order valence-corrected chi connectivity index (χ4v) is 3.38. The zero-order valence-corrected chi connectivity index (χ0v) is 12.3. The van der Waals surface area contributed by atoms with Crippen LogP contribution >= 0.6 is 12.2 Å². The third-order valence-corrected chi connectivity index (χ3v) is 4.76. The number of amides is 1. The topological polar surface area (TPSA) is 35.6 Å². The molecule has 3 aliphatic rings. The molecule has 19 heavy (non-hydrogen) atoms. The molecule has 2 aliphatic heterocycles. The highest BCUT2D eigenvalue weighted by atomic mass is 32.1. The van der Waals surface area contributed by atoms with Crippen LogP contribution in [0.5, 0.6) is 0 Å². The zero-order valence-electron chi connectivity index (χ0n) is 11.4. The first-order chi connectivity index (χ1) is 9.24. The highest BCUT2D eigenvalue weighted by Crippen LogP contribution is 2.23. The number of likely N-dealkylation sites (tertiary alicyclic amines) is 2. The van der Waals surface area contributed by atoms with E-state index < -0.39 is 0 Å². The lowest BCUT2D eigenvalue weighted by molar-refractivity contribution is -0.135. The van der Waals surface area contributed by atoms with Crippen LogP contribution < -0.4 is 5.32 Å². The summed E-state index contributed by atoms with van der Waals surface area (Å²) in [5.41, 5.74) is 0. The van der Waals surface area contributed by atoms with Crippen molar-refractivity contribution in [2.75, 3.05) is 26.2 Å². The molecule has 4 nitrogen and oxygen atoms in total. The molecule has 1 amide bonds. The molecule has 3 fully saturated rings. The van der Waals surface area contributed by atoms with Gasteiger partial charge in [-0.05, 0) is 50.7 Å². The highest BCUT2D eigenvalue weighted by molar-refractivity contribution is 7.80. The highest BCUT2D eigenvalue weighted by Gasteiger charge is 2.32. The van der Waals surface area contributed by atoms with Crippen molar-refractivity contribution in [1.82, 2.24) is 15.1 Å². The van der Waals surface area contributed by atoms with Crippen LogP contribution in [0, 0.1) is 5.92 Å². The Morgan fingerprint density at radius 2 is 1.68 bits per heavy atom. The first-order valence-electron chi connectivity index (χ1n) is 7.58. The third-order valence-electron chi connectivity index (χ3n) is 4.38. The van der Waals surface area contributed by atoms with E-state index in [4.69, 9.17) is 12.2 Å². The van der Waals surface area contributed by atoms with Crippen LogP contribution in [0.25, 0.3) is 0 Å². The number of piperidine rings is 1.